The van der Waals surface area contributed by atoms with Crippen molar-refractivity contribution in [2.75, 3.05) is 5.73 Å². The zero-order valence-electron chi connectivity index (χ0n) is 11.0. The minimum absolute atomic E-state index is 0.0519. The van der Waals surface area contributed by atoms with Crippen LogP contribution in [0.15, 0.2) is 45.9 Å². The van der Waals surface area contributed by atoms with Crippen LogP contribution in [0.1, 0.15) is 18.5 Å². The normalized spacial score (nSPS) is 13.1. The van der Waals surface area contributed by atoms with Gasteiger partial charge in [-0.25, -0.2) is 18.1 Å². The molecule has 1 aromatic carbocycles. The fourth-order valence-corrected chi connectivity index (χ4v) is 3.81. The monoisotopic (exact) mass is 389 g/mol. The number of nitrogens with zero attached hydrogens (tertiary/aromatic N) is 1. The van der Waals surface area contributed by atoms with Crippen molar-refractivity contribution >= 4 is 43.4 Å². The molecule has 21 heavy (non-hydrogen) atoms. The highest BCUT2D eigenvalue weighted by Gasteiger charge is 2.22. The maximum atomic E-state index is 12.4. The number of nitrogen functional groups attached to an aromatic ring is 1. The maximum absolute atomic E-state index is 12.4. The smallest absolute Gasteiger partial charge is 0.244 e. The molecule has 2 aromatic rings. The number of pyridine rings is 1. The molecule has 112 valence electrons. The number of anilines is 1. The van der Waals surface area contributed by atoms with Crippen LogP contribution in [0.4, 0.5) is 5.82 Å². The standard InChI is InChI=1S/C13H13BrClN3O2S/c1-8(9-3-2-4-11(15)5-9)18-21(19,20)12-6-10(14)7-17-13(12)16/h2-8,18H,1H3,(H2,16,17). The number of nitrogens with one attached hydrogen (secondary N) is 1. The Bertz CT molecular complexity index is 768. The predicted molar refractivity (Wildman–Crippen MR) is 86.5 cm³/mol. The average Bonchev–Trinajstić information content (AvgIpc) is 2.41. The van der Waals surface area contributed by atoms with Gasteiger partial charge in [0.05, 0.1) is 0 Å². The molecule has 0 fully saturated rings. The van der Waals surface area contributed by atoms with Gasteiger partial charge in [-0.15, -0.1) is 0 Å². The first-order chi connectivity index (χ1) is 9.79. The Hall–Kier alpha value is -1.15. The third-order valence-corrected chi connectivity index (χ3v) is 5.06. The lowest BCUT2D eigenvalue weighted by Crippen LogP contribution is -2.27. The summed E-state index contributed by atoms with van der Waals surface area (Å²) in [5, 5.41) is 0.544. The lowest BCUT2D eigenvalue weighted by molar-refractivity contribution is 0.567. The zero-order valence-corrected chi connectivity index (χ0v) is 14.2. The highest BCUT2D eigenvalue weighted by Crippen LogP contribution is 2.24. The van der Waals surface area contributed by atoms with Gasteiger partial charge in [-0.1, -0.05) is 23.7 Å². The summed E-state index contributed by atoms with van der Waals surface area (Å²) in [6.45, 7) is 1.73. The van der Waals surface area contributed by atoms with Crippen molar-refractivity contribution in [1.29, 1.82) is 0 Å². The van der Waals surface area contributed by atoms with Crippen LogP contribution in [0.5, 0.6) is 0 Å². The zero-order chi connectivity index (χ0) is 15.6. The van der Waals surface area contributed by atoms with Gasteiger partial charge in [0.25, 0.3) is 0 Å². The Labute approximate surface area is 136 Å². The first-order valence-electron chi connectivity index (χ1n) is 5.98. The van der Waals surface area contributed by atoms with Crippen molar-refractivity contribution in [1.82, 2.24) is 9.71 Å². The molecule has 0 radical (unpaired) electrons. The van der Waals surface area contributed by atoms with E-state index in [9.17, 15) is 8.42 Å². The van der Waals surface area contributed by atoms with Crippen molar-refractivity contribution in [2.24, 2.45) is 0 Å². The quantitative estimate of drug-likeness (QED) is 0.840. The summed E-state index contributed by atoms with van der Waals surface area (Å²) in [7, 11) is -3.78. The molecule has 8 heteroatoms. The summed E-state index contributed by atoms with van der Waals surface area (Å²) < 4.78 is 27.9. The molecule has 2 rings (SSSR count). The molecule has 5 nitrogen and oxygen atoms in total. The fraction of sp³-hybridized carbons (Fsp3) is 0.154. The van der Waals surface area contributed by atoms with Crippen LogP contribution >= 0.6 is 27.5 Å². The molecule has 1 heterocycles. The molecule has 0 aliphatic heterocycles. The Morgan fingerprint density at radius 1 is 1.38 bits per heavy atom. The van der Waals surface area contributed by atoms with E-state index in [1.54, 1.807) is 31.2 Å². The summed E-state index contributed by atoms with van der Waals surface area (Å²) in [4.78, 5) is 3.77. The van der Waals surface area contributed by atoms with E-state index in [4.69, 9.17) is 17.3 Å². The molecule has 1 atom stereocenters. The van der Waals surface area contributed by atoms with Crippen LogP contribution in [0, 0.1) is 0 Å². The molecule has 1 unspecified atom stereocenters. The molecule has 0 saturated heterocycles. The summed E-state index contributed by atoms with van der Waals surface area (Å²) in [5.41, 5.74) is 6.40. The molecule has 0 amide bonds. The van der Waals surface area contributed by atoms with Gasteiger partial charge >= 0.3 is 0 Å². The lowest BCUT2D eigenvalue weighted by Gasteiger charge is -2.15. The number of hydrogen-bond acceptors (Lipinski definition) is 4. The molecule has 3 N–H and O–H groups in total. The Morgan fingerprint density at radius 2 is 2.10 bits per heavy atom. The van der Waals surface area contributed by atoms with E-state index in [0.29, 0.717) is 9.50 Å². The van der Waals surface area contributed by atoms with E-state index < -0.39 is 16.1 Å². The minimum atomic E-state index is -3.78. The third kappa shape index (κ3) is 3.94. The predicted octanol–water partition coefficient (Wildman–Crippen LogP) is 3.12. The van der Waals surface area contributed by atoms with Crippen LogP contribution < -0.4 is 10.5 Å². The van der Waals surface area contributed by atoms with E-state index in [1.807, 2.05) is 0 Å². The summed E-state index contributed by atoms with van der Waals surface area (Å²) in [6, 6.07) is 7.95. The molecule has 0 bridgehead atoms. The second-order valence-corrected chi connectivity index (χ2v) is 7.47. The average molecular weight is 391 g/mol. The molecular weight excluding hydrogens is 378 g/mol. The number of sulfonamides is 1. The van der Waals surface area contributed by atoms with Gasteiger partial charge in [-0.05, 0) is 46.6 Å². The molecular formula is C13H13BrClN3O2S. The van der Waals surface area contributed by atoms with Gasteiger partial charge < -0.3 is 5.73 Å². The van der Waals surface area contributed by atoms with Gasteiger partial charge in [0.15, 0.2) is 0 Å². The van der Waals surface area contributed by atoms with Crippen molar-refractivity contribution < 1.29 is 8.42 Å². The van der Waals surface area contributed by atoms with Crippen molar-refractivity contribution in [3.8, 4) is 0 Å². The van der Waals surface area contributed by atoms with E-state index in [-0.39, 0.29) is 10.7 Å². The highest BCUT2D eigenvalue weighted by atomic mass is 79.9. The van der Waals surface area contributed by atoms with Crippen LogP contribution in [0.2, 0.25) is 5.02 Å². The second-order valence-electron chi connectivity index (χ2n) is 4.43. The Kier molecular flexibility index (Phi) is 4.88. The second kappa shape index (κ2) is 6.31. The highest BCUT2D eigenvalue weighted by molar-refractivity contribution is 9.10. The van der Waals surface area contributed by atoms with E-state index in [0.717, 1.165) is 5.56 Å². The first kappa shape index (κ1) is 16.2. The molecule has 0 aliphatic rings. The van der Waals surface area contributed by atoms with Gasteiger partial charge in [0.2, 0.25) is 10.0 Å². The Balaban J connectivity index is 2.31. The molecule has 0 saturated carbocycles. The SMILES string of the molecule is CC(NS(=O)(=O)c1cc(Br)cnc1N)c1cccc(Cl)c1. The van der Waals surface area contributed by atoms with Crippen molar-refractivity contribution in [3.05, 3.63) is 51.6 Å². The number of hydrogen-bond donors (Lipinski definition) is 2. The first-order valence-corrected chi connectivity index (χ1v) is 8.64. The van der Waals surface area contributed by atoms with Crippen LogP contribution in [-0.2, 0) is 10.0 Å². The number of halogens is 2. The lowest BCUT2D eigenvalue weighted by atomic mass is 10.1. The summed E-state index contributed by atoms with van der Waals surface area (Å²) in [5.74, 6) is -0.0519. The summed E-state index contributed by atoms with van der Waals surface area (Å²) in [6.07, 6.45) is 1.44. The third-order valence-electron chi connectivity index (χ3n) is 2.82. The number of aromatic nitrogens is 1. The van der Waals surface area contributed by atoms with Crippen LogP contribution in [0.25, 0.3) is 0 Å². The van der Waals surface area contributed by atoms with E-state index >= 15 is 0 Å². The fourth-order valence-electron chi connectivity index (χ4n) is 1.79. The van der Waals surface area contributed by atoms with Crippen LogP contribution in [-0.4, -0.2) is 13.4 Å². The van der Waals surface area contributed by atoms with Crippen molar-refractivity contribution in [2.45, 2.75) is 17.9 Å². The summed E-state index contributed by atoms with van der Waals surface area (Å²) >= 11 is 9.09. The van der Waals surface area contributed by atoms with Gasteiger partial charge in [0.1, 0.15) is 10.7 Å². The molecule has 1 aromatic heterocycles. The number of nitrogens with two attached hydrogens (primary N) is 1. The molecule has 0 spiro atoms. The van der Waals surface area contributed by atoms with Gasteiger partial charge in [-0.2, -0.15) is 0 Å². The Morgan fingerprint density at radius 3 is 2.76 bits per heavy atom. The van der Waals surface area contributed by atoms with E-state index in [1.165, 1.54) is 12.3 Å². The van der Waals surface area contributed by atoms with Gasteiger partial charge in [-0.3, -0.25) is 0 Å². The van der Waals surface area contributed by atoms with E-state index in [2.05, 4.69) is 25.6 Å². The number of benzene rings is 1. The van der Waals surface area contributed by atoms with Crippen LogP contribution in [0.3, 0.4) is 0 Å². The topological polar surface area (TPSA) is 85.1 Å². The maximum Gasteiger partial charge on any atom is 0.244 e. The van der Waals surface area contributed by atoms with Crippen molar-refractivity contribution in [3.63, 3.8) is 0 Å². The largest absolute Gasteiger partial charge is 0.383 e. The van der Waals surface area contributed by atoms with Gasteiger partial charge in [0, 0.05) is 21.7 Å². The number of rotatable bonds is 4. The minimum Gasteiger partial charge on any atom is -0.383 e. The molecule has 0 aliphatic carbocycles.